The maximum Gasteiger partial charge on any atom is 0.247 e. The number of amides is 1. The van der Waals surface area contributed by atoms with E-state index in [2.05, 4.69) is 26.0 Å². The van der Waals surface area contributed by atoms with E-state index in [-0.39, 0.29) is 11.9 Å². The number of furan rings is 1. The predicted octanol–water partition coefficient (Wildman–Crippen LogP) is 1.85. The Kier molecular flexibility index (Phi) is 3.81. The molecule has 0 saturated heterocycles. The Morgan fingerprint density at radius 3 is 2.94 bits per heavy atom. The standard InChI is InChI=1S/C11H13BrN4O2/c1-8(16-7-13-6-14-16)11(17)15(2)5-9-3-4-10(12)18-9/h3-4,6-8H,5H2,1-2H3/t8-/m1/s1. The van der Waals surface area contributed by atoms with Crippen LogP contribution in [0.3, 0.4) is 0 Å². The number of hydrogen-bond acceptors (Lipinski definition) is 4. The van der Waals surface area contributed by atoms with Crippen LogP contribution >= 0.6 is 15.9 Å². The Balaban J connectivity index is 2.00. The molecule has 0 spiro atoms. The number of rotatable bonds is 4. The molecule has 0 aromatic carbocycles. The van der Waals surface area contributed by atoms with Gasteiger partial charge in [-0.25, -0.2) is 9.67 Å². The van der Waals surface area contributed by atoms with E-state index in [1.54, 1.807) is 24.9 Å². The lowest BCUT2D eigenvalue weighted by Crippen LogP contribution is -2.32. The normalized spacial score (nSPS) is 12.4. The summed E-state index contributed by atoms with van der Waals surface area (Å²) in [5.41, 5.74) is 0. The van der Waals surface area contributed by atoms with Crippen LogP contribution in [0.4, 0.5) is 0 Å². The summed E-state index contributed by atoms with van der Waals surface area (Å²) in [7, 11) is 1.73. The maximum absolute atomic E-state index is 12.1. The largest absolute Gasteiger partial charge is 0.452 e. The van der Waals surface area contributed by atoms with E-state index in [0.717, 1.165) is 5.76 Å². The summed E-state index contributed by atoms with van der Waals surface area (Å²) in [6, 6.07) is 3.25. The maximum atomic E-state index is 12.1. The molecule has 0 bridgehead atoms. The van der Waals surface area contributed by atoms with E-state index < -0.39 is 0 Å². The summed E-state index contributed by atoms with van der Waals surface area (Å²) in [4.78, 5) is 17.6. The third-order valence-corrected chi connectivity index (χ3v) is 3.02. The van der Waals surface area contributed by atoms with E-state index in [4.69, 9.17) is 4.42 Å². The Labute approximate surface area is 113 Å². The molecule has 2 heterocycles. The SMILES string of the molecule is C[C@H](C(=O)N(C)Cc1ccc(Br)o1)n1cncn1. The second-order valence-corrected chi connectivity index (χ2v) is 4.73. The van der Waals surface area contributed by atoms with Crippen LogP contribution < -0.4 is 0 Å². The molecule has 1 amide bonds. The molecule has 0 radical (unpaired) electrons. The first kappa shape index (κ1) is 12.8. The number of hydrogen-bond donors (Lipinski definition) is 0. The van der Waals surface area contributed by atoms with Crippen molar-refractivity contribution < 1.29 is 9.21 Å². The number of carbonyl (C=O) groups is 1. The van der Waals surface area contributed by atoms with Crippen LogP contribution in [0.5, 0.6) is 0 Å². The fraction of sp³-hybridized carbons (Fsp3) is 0.364. The van der Waals surface area contributed by atoms with Crippen molar-refractivity contribution in [2.75, 3.05) is 7.05 Å². The summed E-state index contributed by atoms with van der Waals surface area (Å²) in [5.74, 6) is 0.677. The number of nitrogens with zero attached hydrogens (tertiary/aromatic N) is 4. The van der Waals surface area contributed by atoms with Crippen LogP contribution in [0.25, 0.3) is 0 Å². The fourth-order valence-corrected chi connectivity index (χ4v) is 1.94. The summed E-state index contributed by atoms with van der Waals surface area (Å²) in [6.07, 6.45) is 2.94. The van der Waals surface area contributed by atoms with Gasteiger partial charge in [0, 0.05) is 7.05 Å². The van der Waals surface area contributed by atoms with E-state index in [1.807, 2.05) is 6.07 Å². The predicted molar refractivity (Wildman–Crippen MR) is 67.6 cm³/mol. The highest BCUT2D eigenvalue weighted by Crippen LogP contribution is 2.16. The Morgan fingerprint density at radius 2 is 2.39 bits per heavy atom. The minimum Gasteiger partial charge on any atom is -0.452 e. The van der Waals surface area contributed by atoms with Crippen LogP contribution in [-0.4, -0.2) is 32.6 Å². The molecule has 0 aliphatic carbocycles. The minimum atomic E-state index is -0.379. The first-order valence-corrected chi connectivity index (χ1v) is 6.20. The third-order valence-electron chi connectivity index (χ3n) is 2.59. The lowest BCUT2D eigenvalue weighted by atomic mass is 10.3. The van der Waals surface area contributed by atoms with E-state index in [9.17, 15) is 4.79 Å². The van der Waals surface area contributed by atoms with Gasteiger partial charge in [0.25, 0.3) is 0 Å². The second kappa shape index (κ2) is 5.34. The molecule has 96 valence electrons. The second-order valence-electron chi connectivity index (χ2n) is 3.95. The van der Waals surface area contributed by atoms with Gasteiger partial charge in [-0.1, -0.05) is 0 Å². The van der Waals surface area contributed by atoms with Crippen molar-refractivity contribution in [1.82, 2.24) is 19.7 Å². The van der Waals surface area contributed by atoms with Crippen LogP contribution in [-0.2, 0) is 11.3 Å². The van der Waals surface area contributed by atoms with Crippen molar-refractivity contribution in [3.05, 3.63) is 35.2 Å². The van der Waals surface area contributed by atoms with Gasteiger partial charge in [0.15, 0.2) is 4.67 Å². The molecule has 7 heteroatoms. The van der Waals surface area contributed by atoms with Crippen molar-refractivity contribution in [3.63, 3.8) is 0 Å². The molecule has 2 aromatic heterocycles. The molecule has 2 rings (SSSR count). The summed E-state index contributed by atoms with van der Waals surface area (Å²) in [6.45, 7) is 2.20. The average Bonchev–Trinajstić information content (AvgIpc) is 2.98. The fourth-order valence-electron chi connectivity index (χ4n) is 1.60. The van der Waals surface area contributed by atoms with Crippen LogP contribution in [0.15, 0.2) is 33.9 Å². The zero-order valence-electron chi connectivity index (χ0n) is 10.1. The third kappa shape index (κ3) is 2.79. The van der Waals surface area contributed by atoms with Gasteiger partial charge in [0.1, 0.15) is 24.5 Å². The van der Waals surface area contributed by atoms with Gasteiger partial charge in [-0.2, -0.15) is 5.10 Å². The van der Waals surface area contributed by atoms with E-state index >= 15 is 0 Å². The van der Waals surface area contributed by atoms with Gasteiger partial charge in [-0.15, -0.1) is 0 Å². The van der Waals surface area contributed by atoms with Gasteiger partial charge in [0.2, 0.25) is 5.91 Å². The lowest BCUT2D eigenvalue weighted by molar-refractivity contribution is -0.134. The van der Waals surface area contributed by atoms with Crippen LogP contribution in [0.2, 0.25) is 0 Å². The Hall–Kier alpha value is -1.63. The molecule has 0 aliphatic heterocycles. The Morgan fingerprint density at radius 1 is 1.61 bits per heavy atom. The van der Waals surface area contributed by atoms with Crippen molar-refractivity contribution >= 4 is 21.8 Å². The highest BCUT2D eigenvalue weighted by molar-refractivity contribution is 9.10. The van der Waals surface area contributed by atoms with Crippen molar-refractivity contribution in [3.8, 4) is 0 Å². The number of likely N-dealkylation sites (N-methyl/N-ethyl adjacent to an activating group) is 1. The van der Waals surface area contributed by atoms with Gasteiger partial charge < -0.3 is 9.32 Å². The molecule has 2 aromatic rings. The average molecular weight is 313 g/mol. The molecule has 0 N–H and O–H groups in total. The summed E-state index contributed by atoms with van der Waals surface area (Å²) < 4.78 is 7.54. The lowest BCUT2D eigenvalue weighted by Gasteiger charge is -2.20. The van der Waals surface area contributed by atoms with Gasteiger partial charge in [-0.3, -0.25) is 4.79 Å². The zero-order chi connectivity index (χ0) is 13.1. The number of carbonyl (C=O) groups excluding carboxylic acids is 1. The molecule has 0 unspecified atom stereocenters. The summed E-state index contributed by atoms with van der Waals surface area (Å²) >= 11 is 3.23. The quantitative estimate of drug-likeness (QED) is 0.864. The molecule has 1 atom stereocenters. The minimum absolute atomic E-state index is 0.0481. The van der Waals surface area contributed by atoms with Crippen LogP contribution in [0, 0.1) is 0 Å². The number of aromatic nitrogens is 3. The molecule has 0 aliphatic rings. The molecule has 0 fully saturated rings. The highest BCUT2D eigenvalue weighted by Gasteiger charge is 2.20. The first-order valence-electron chi connectivity index (χ1n) is 5.41. The van der Waals surface area contributed by atoms with Gasteiger partial charge in [-0.05, 0) is 35.0 Å². The van der Waals surface area contributed by atoms with Gasteiger partial charge in [0.05, 0.1) is 6.54 Å². The molecular weight excluding hydrogens is 300 g/mol. The molecule has 6 nitrogen and oxygen atoms in total. The zero-order valence-corrected chi connectivity index (χ0v) is 11.7. The van der Waals surface area contributed by atoms with Crippen LogP contribution in [0.1, 0.15) is 18.7 Å². The van der Waals surface area contributed by atoms with E-state index in [0.29, 0.717) is 11.2 Å². The monoisotopic (exact) mass is 312 g/mol. The van der Waals surface area contributed by atoms with Gasteiger partial charge >= 0.3 is 0 Å². The van der Waals surface area contributed by atoms with Crippen molar-refractivity contribution in [1.29, 1.82) is 0 Å². The Bertz CT molecular complexity index is 523. The van der Waals surface area contributed by atoms with E-state index in [1.165, 1.54) is 17.3 Å². The van der Waals surface area contributed by atoms with Crippen molar-refractivity contribution in [2.24, 2.45) is 0 Å². The van der Waals surface area contributed by atoms with Crippen molar-refractivity contribution in [2.45, 2.75) is 19.5 Å². The topological polar surface area (TPSA) is 64.2 Å². The summed E-state index contributed by atoms with van der Waals surface area (Å²) in [5, 5.41) is 3.96. The molecular formula is C11H13BrN4O2. The smallest absolute Gasteiger partial charge is 0.247 e. The highest BCUT2D eigenvalue weighted by atomic mass is 79.9. The molecule has 18 heavy (non-hydrogen) atoms. The molecule has 0 saturated carbocycles. The number of halogens is 1. The first-order chi connectivity index (χ1) is 8.58.